The Morgan fingerprint density at radius 3 is 2.65 bits per heavy atom. The van der Waals surface area contributed by atoms with Gasteiger partial charge in [0.15, 0.2) is 5.96 Å². The summed E-state index contributed by atoms with van der Waals surface area (Å²) >= 11 is 0. The summed E-state index contributed by atoms with van der Waals surface area (Å²) in [6, 6.07) is 18.4. The van der Waals surface area contributed by atoms with Crippen molar-refractivity contribution in [1.82, 2.24) is 29.7 Å². The van der Waals surface area contributed by atoms with E-state index in [0.717, 1.165) is 53.0 Å². The molecule has 0 spiro atoms. The number of nitrogens with zero attached hydrogens (tertiary/aromatic N) is 5. The Labute approximate surface area is 199 Å². The summed E-state index contributed by atoms with van der Waals surface area (Å²) in [6.45, 7) is 4.26. The number of aryl methyl sites for hydroxylation is 1. The van der Waals surface area contributed by atoms with Crippen LogP contribution in [0.1, 0.15) is 11.6 Å². The highest BCUT2D eigenvalue weighted by Crippen LogP contribution is 2.17. The van der Waals surface area contributed by atoms with Crippen molar-refractivity contribution in [2.24, 2.45) is 4.99 Å². The van der Waals surface area contributed by atoms with Gasteiger partial charge < -0.3 is 19.8 Å². The van der Waals surface area contributed by atoms with Gasteiger partial charge in [0.2, 0.25) is 0 Å². The molecule has 2 aromatic carbocycles. The van der Waals surface area contributed by atoms with Crippen molar-refractivity contribution in [2.45, 2.75) is 20.0 Å². The Morgan fingerprint density at radius 1 is 1.13 bits per heavy atom. The lowest BCUT2D eigenvalue weighted by molar-refractivity contribution is 0.461. The highest BCUT2D eigenvalue weighted by Gasteiger charge is 2.11. The van der Waals surface area contributed by atoms with Gasteiger partial charge in [0.05, 0.1) is 29.5 Å². The van der Waals surface area contributed by atoms with Crippen LogP contribution in [0.25, 0.3) is 22.3 Å². The number of hydrogen-bond donors (Lipinski definition) is 2. The molecular weight excluding hydrogens is 501 g/mol. The minimum absolute atomic E-state index is 0. The number of imidazole rings is 2. The monoisotopic (exact) mass is 529 g/mol. The van der Waals surface area contributed by atoms with E-state index in [4.69, 9.17) is 0 Å². The molecule has 0 aliphatic heterocycles. The fraction of sp³-hybridized carbons (Fsp3) is 0.261. The molecule has 0 unspecified atom stereocenters. The molecule has 0 radical (unpaired) electrons. The number of aromatic amines is 1. The molecule has 0 aliphatic carbocycles. The van der Waals surface area contributed by atoms with E-state index in [0.29, 0.717) is 6.54 Å². The number of fused-ring (bicyclic) bond motifs is 1. The van der Waals surface area contributed by atoms with E-state index in [1.54, 1.807) is 7.05 Å². The van der Waals surface area contributed by atoms with E-state index in [-0.39, 0.29) is 24.0 Å². The van der Waals surface area contributed by atoms with Crippen LogP contribution in [0.4, 0.5) is 0 Å². The summed E-state index contributed by atoms with van der Waals surface area (Å²) in [5.74, 6) is 2.75. The average Bonchev–Trinajstić information content (AvgIpc) is 3.36. The molecule has 7 nitrogen and oxygen atoms in total. The van der Waals surface area contributed by atoms with E-state index in [2.05, 4.69) is 52.9 Å². The van der Waals surface area contributed by atoms with Crippen LogP contribution >= 0.6 is 24.0 Å². The van der Waals surface area contributed by atoms with E-state index in [1.165, 1.54) is 0 Å². The minimum Gasteiger partial charge on any atom is -0.354 e. The zero-order valence-electron chi connectivity index (χ0n) is 18.0. The average molecular weight is 529 g/mol. The Balaban J connectivity index is 0.00000272. The molecule has 2 N–H and O–H groups in total. The smallest absolute Gasteiger partial charge is 0.193 e. The standard InChI is InChI=1S/C23H27N7.HI/c1-17-27-19-11-7-8-12-21(19)30(17)14-13-25-23(24-2)29(3)16-22-26-15-20(28-22)18-9-5-4-6-10-18;/h4-12,15H,13-14,16H2,1-3H3,(H,24,25)(H,26,28);1H. The van der Waals surface area contributed by atoms with Gasteiger partial charge in [-0.25, -0.2) is 9.97 Å². The molecule has 4 aromatic rings. The van der Waals surface area contributed by atoms with Gasteiger partial charge in [-0.3, -0.25) is 4.99 Å². The lowest BCUT2D eigenvalue weighted by atomic mass is 10.2. The first-order chi connectivity index (χ1) is 14.7. The third kappa shape index (κ3) is 5.25. The predicted molar refractivity (Wildman–Crippen MR) is 137 cm³/mol. The van der Waals surface area contributed by atoms with Crippen molar-refractivity contribution >= 4 is 41.0 Å². The second-order valence-corrected chi connectivity index (χ2v) is 7.24. The fourth-order valence-corrected chi connectivity index (χ4v) is 3.65. The zero-order valence-corrected chi connectivity index (χ0v) is 20.4. The Hall–Kier alpha value is -2.88. The first kappa shape index (κ1) is 22.8. The number of halogens is 1. The number of guanidine groups is 1. The SMILES string of the molecule is CN=C(NCCn1c(C)nc2ccccc21)N(C)Cc1ncc(-c2ccccc2)[nH]1.I. The van der Waals surface area contributed by atoms with Crippen LogP contribution in [-0.4, -0.2) is 51.0 Å². The van der Waals surface area contributed by atoms with Crippen molar-refractivity contribution in [3.8, 4) is 11.3 Å². The van der Waals surface area contributed by atoms with Crippen molar-refractivity contribution in [3.63, 3.8) is 0 Å². The second kappa shape index (κ2) is 10.4. The molecule has 4 rings (SSSR count). The van der Waals surface area contributed by atoms with Gasteiger partial charge in [0.1, 0.15) is 11.6 Å². The Morgan fingerprint density at radius 2 is 1.87 bits per heavy atom. The molecule has 0 aliphatic rings. The molecule has 162 valence electrons. The van der Waals surface area contributed by atoms with Gasteiger partial charge >= 0.3 is 0 Å². The number of benzene rings is 2. The van der Waals surface area contributed by atoms with Crippen LogP contribution in [0.3, 0.4) is 0 Å². The van der Waals surface area contributed by atoms with Gasteiger partial charge in [-0.2, -0.15) is 0 Å². The lowest BCUT2D eigenvalue weighted by Gasteiger charge is -2.21. The van der Waals surface area contributed by atoms with Gasteiger partial charge in [0, 0.05) is 27.2 Å². The maximum Gasteiger partial charge on any atom is 0.193 e. The number of aliphatic imine (C=N–C) groups is 1. The topological polar surface area (TPSA) is 74.1 Å². The summed E-state index contributed by atoms with van der Waals surface area (Å²) in [5.41, 5.74) is 4.33. The first-order valence-corrected chi connectivity index (χ1v) is 10.1. The molecule has 8 heteroatoms. The predicted octanol–water partition coefficient (Wildman–Crippen LogP) is 4.06. The summed E-state index contributed by atoms with van der Waals surface area (Å²) in [7, 11) is 3.81. The quantitative estimate of drug-likeness (QED) is 0.225. The second-order valence-electron chi connectivity index (χ2n) is 7.24. The van der Waals surface area contributed by atoms with Crippen molar-refractivity contribution in [3.05, 3.63) is 72.4 Å². The highest BCUT2D eigenvalue weighted by atomic mass is 127. The molecule has 0 bridgehead atoms. The van der Waals surface area contributed by atoms with E-state index < -0.39 is 0 Å². The highest BCUT2D eigenvalue weighted by molar-refractivity contribution is 14.0. The van der Waals surface area contributed by atoms with Gasteiger partial charge in [0.25, 0.3) is 0 Å². The molecule has 0 atom stereocenters. The summed E-state index contributed by atoms with van der Waals surface area (Å²) in [6.07, 6.45) is 1.88. The molecule has 0 fully saturated rings. The Kier molecular flexibility index (Phi) is 7.67. The molecule has 0 saturated carbocycles. The maximum absolute atomic E-state index is 4.63. The third-order valence-corrected chi connectivity index (χ3v) is 5.14. The van der Waals surface area contributed by atoms with Crippen LogP contribution in [0.15, 0.2) is 65.8 Å². The van der Waals surface area contributed by atoms with Crippen LogP contribution < -0.4 is 5.32 Å². The fourth-order valence-electron chi connectivity index (χ4n) is 3.65. The number of H-pyrrole nitrogens is 1. The van der Waals surface area contributed by atoms with Crippen molar-refractivity contribution in [1.29, 1.82) is 0 Å². The van der Waals surface area contributed by atoms with Gasteiger partial charge in [-0.05, 0) is 24.6 Å². The van der Waals surface area contributed by atoms with Crippen LogP contribution in [0, 0.1) is 6.92 Å². The number of aromatic nitrogens is 4. The maximum atomic E-state index is 4.63. The summed E-state index contributed by atoms with van der Waals surface area (Å²) in [4.78, 5) is 19.0. The number of rotatable bonds is 6. The number of para-hydroxylation sites is 2. The van der Waals surface area contributed by atoms with Crippen LogP contribution in [0.2, 0.25) is 0 Å². The first-order valence-electron chi connectivity index (χ1n) is 10.1. The zero-order chi connectivity index (χ0) is 20.9. The van der Waals surface area contributed by atoms with E-state index in [1.807, 2.05) is 56.6 Å². The minimum atomic E-state index is 0. The van der Waals surface area contributed by atoms with Crippen LogP contribution in [0.5, 0.6) is 0 Å². The number of nitrogens with one attached hydrogen (secondary N) is 2. The van der Waals surface area contributed by atoms with Crippen molar-refractivity contribution in [2.75, 3.05) is 20.6 Å². The van der Waals surface area contributed by atoms with Gasteiger partial charge in [-0.1, -0.05) is 42.5 Å². The van der Waals surface area contributed by atoms with Crippen molar-refractivity contribution < 1.29 is 0 Å². The molecular formula is C23H28IN7. The van der Waals surface area contributed by atoms with E-state index >= 15 is 0 Å². The number of hydrogen-bond acceptors (Lipinski definition) is 3. The summed E-state index contributed by atoms with van der Waals surface area (Å²) < 4.78 is 2.23. The largest absolute Gasteiger partial charge is 0.354 e. The van der Waals surface area contributed by atoms with E-state index in [9.17, 15) is 0 Å². The molecule has 0 saturated heterocycles. The lowest BCUT2D eigenvalue weighted by Crippen LogP contribution is -2.40. The molecule has 2 aromatic heterocycles. The van der Waals surface area contributed by atoms with Crippen LogP contribution in [-0.2, 0) is 13.1 Å². The molecule has 31 heavy (non-hydrogen) atoms. The van der Waals surface area contributed by atoms with Gasteiger partial charge in [-0.15, -0.1) is 24.0 Å². The summed E-state index contributed by atoms with van der Waals surface area (Å²) in [5, 5.41) is 3.44. The normalized spacial score (nSPS) is 11.4. The molecule has 0 amide bonds. The third-order valence-electron chi connectivity index (χ3n) is 5.14. The Bertz CT molecular complexity index is 1150. The molecule has 2 heterocycles.